The van der Waals surface area contributed by atoms with Crippen LogP contribution in [-0.4, -0.2) is 25.7 Å². The fourth-order valence-electron chi connectivity index (χ4n) is 3.81. The molecule has 0 atom stereocenters. The smallest absolute Gasteiger partial charge is 0.163 e. The number of rotatable bonds is 9. The lowest BCUT2D eigenvalue weighted by molar-refractivity contribution is 0.293. The van der Waals surface area contributed by atoms with Gasteiger partial charge in [0.2, 0.25) is 0 Å². The quantitative estimate of drug-likeness (QED) is 0.269. The van der Waals surface area contributed by atoms with E-state index in [9.17, 15) is 0 Å². The number of thiophene rings is 1. The van der Waals surface area contributed by atoms with Crippen LogP contribution in [0.5, 0.6) is 11.5 Å². The molecule has 0 saturated carbocycles. The van der Waals surface area contributed by atoms with E-state index in [2.05, 4.69) is 73.9 Å². The van der Waals surface area contributed by atoms with E-state index in [4.69, 9.17) is 14.5 Å². The SMILES string of the molecule is CCCOc1cc(Cc2cc(NC)c(-c3nc(-c4ccc(C)cc4)cs3)s2)cc(C)c1OC. The molecular formula is C27H30N2O2S2. The highest BCUT2D eigenvalue weighted by Gasteiger charge is 2.16. The second-order valence-corrected chi connectivity index (χ2v) is 10.1. The summed E-state index contributed by atoms with van der Waals surface area (Å²) in [5, 5.41) is 6.55. The predicted molar refractivity (Wildman–Crippen MR) is 141 cm³/mol. The normalized spacial score (nSPS) is 10.9. The van der Waals surface area contributed by atoms with Crippen molar-refractivity contribution >= 4 is 28.4 Å². The van der Waals surface area contributed by atoms with Gasteiger partial charge < -0.3 is 14.8 Å². The number of methoxy groups -OCH3 is 1. The molecule has 0 spiro atoms. The summed E-state index contributed by atoms with van der Waals surface area (Å²) in [6, 6.07) is 15.1. The molecule has 2 aromatic carbocycles. The molecule has 0 unspecified atom stereocenters. The summed E-state index contributed by atoms with van der Waals surface area (Å²) in [5.74, 6) is 1.64. The van der Waals surface area contributed by atoms with Crippen LogP contribution < -0.4 is 14.8 Å². The Balaban J connectivity index is 1.61. The molecule has 1 N–H and O–H groups in total. The summed E-state index contributed by atoms with van der Waals surface area (Å²) < 4.78 is 11.5. The van der Waals surface area contributed by atoms with Crippen molar-refractivity contribution in [1.29, 1.82) is 0 Å². The van der Waals surface area contributed by atoms with E-state index in [1.54, 1.807) is 29.8 Å². The van der Waals surface area contributed by atoms with E-state index in [-0.39, 0.29) is 0 Å². The zero-order valence-corrected chi connectivity index (χ0v) is 21.5. The van der Waals surface area contributed by atoms with E-state index in [1.807, 2.05) is 7.05 Å². The van der Waals surface area contributed by atoms with Gasteiger partial charge in [0.15, 0.2) is 11.5 Å². The van der Waals surface area contributed by atoms with E-state index >= 15 is 0 Å². The Morgan fingerprint density at radius 1 is 1.06 bits per heavy atom. The van der Waals surface area contributed by atoms with Gasteiger partial charge in [-0.25, -0.2) is 4.98 Å². The van der Waals surface area contributed by atoms with Crippen LogP contribution in [0.4, 0.5) is 5.69 Å². The van der Waals surface area contributed by atoms with Gasteiger partial charge in [0.05, 0.1) is 30.0 Å². The van der Waals surface area contributed by atoms with Gasteiger partial charge in [-0.15, -0.1) is 22.7 Å². The molecule has 0 fully saturated rings. The molecule has 0 radical (unpaired) electrons. The number of ether oxygens (including phenoxy) is 2. The zero-order valence-electron chi connectivity index (χ0n) is 19.8. The van der Waals surface area contributed by atoms with Crippen LogP contribution in [0, 0.1) is 13.8 Å². The van der Waals surface area contributed by atoms with Crippen LogP contribution in [0.25, 0.3) is 21.1 Å². The number of benzene rings is 2. The van der Waals surface area contributed by atoms with Crippen molar-refractivity contribution < 1.29 is 9.47 Å². The Morgan fingerprint density at radius 3 is 2.55 bits per heavy atom. The standard InChI is InChI=1S/C27H30N2O2S2/c1-6-11-31-24-14-19(12-18(3)25(24)30-5)13-21-15-22(28-4)26(33-21)27-29-23(16-32-27)20-9-7-17(2)8-10-20/h7-10,12,14-16,28H,6,11,13H2,1-5H3. The fourth-order valence-corrected chi connectivity index (χ4v) is 5.94. The minimum Gasteiger partial charge on any atom is -0.493 e. The van der Waals surface area contributed by atoms with Crippen molar-refractivity contribution in [3.8, 4) is 32.6 Å². The first-order valence-electron chi connectivity index (χ1n) is 11.2. The number of hydrogen-bond donors (Lipinski definition) is 1. The number of aryl methyl sites for hydroxylation is 2. The summed E-state index contributed by atoms with van der Waals surface area (Å²) in [4.78, 5) is 7.41. The summed E-state index contributed by atoms with van der Waals surface area (Å²) in [7, 11) is 3.67. The fraction of sp³-hybridized carbons (Fsp3) is 0.296. The molecule has 4 nitrogen and oxygen atoms in total. The van der Waals surface area contributed by atoms with Crippen molar-refractivity contribution in [1.82, 2.24) is 4.98 Å². The highest BCUT2D eigenvalue weighted by Crippen LogP contribution is 2.41. The molecule has 33 heavy (non-hydrogen) atoms. The van der Waals surface area contributed by atoms with Crippen LogP contribution in [0.1, 0.15) is 34.9 Å². The van der Waals surface area contributed by atoms with Crippen molar-refractivity contribution in [2.24, 2.45) is 0 Å². The first-order chi connectivity index (χ1) is 16.0. The Labute approximate surface area is 204 Å². The minimum atomic E-state index is 0.680. The predicted octanol–water partition coefficient (Wildman–Crippen LogP) is 7.59. The molecule has 0 aliphatic heterocycles. The maximum absolute atomic E-state index is 5.97. The Kier molecular flexibility index (Phi) is 7.36. The van der Waals surface area contributed by atoms with Crippen molar-refractivity contribution in [2.45, 2.75) is 33.6 Å². The van der Waals surface area contributed by atoms with Crippen molar-refractivity contribution in [2.75, 3.05) is 26.1 Å². The molecule has 2 heterocycles. The number of hydrogen-bond acceptors (Lipinski definition) is 6. The van der Waals surface area contributed by atoms with Gasteiger partial charge >= 0.3 is 0 Å². The first kappa shape index (κ1) is 23.3. The highest BCUT2D eigenvalue weighted by molar-refractivity contribution is 7.21. The highest BCUT2D eigenvalue weighted by atomic mass is 32.1. The molecule has 2 aromatic heterocycles. The lowest BCUT2D eigenvalue weighted by Gasteiger charge is -2.14. The summed E-state index contributed by atoms with van der Waals surface area (Å²) >= 11 is 3.49. The molecular weight excluding hydrogens is 448 g/mol. The van der Waals surface area contributed by atoms with Crippen LogP contribution in [0.2, 0.25) is 0 Å². The van der Waals surface area contributed by atoms with Gasteiger partial charge in [-0.05, 0) is 43.5 Å². The summed E-state index contributed by atoms with van der Waals surface area (Å²) in [6.45, 7) is 6.96. The second kappa shape index (κ2) is 10.4. The van der Waals surface area contributed by atoms with Gasteiger partial charge in [0.25, 0.3) is 0 Å². The number of nitrogens with one attached hydrogen (secondary N) is 1. The molecule has 6 heteroatoms. The van der Waals surface area contributed by atoms with E-state index < -0.39 is 0 Å². The third kappa shape index (κ3) is 5.23. The lowest BCUT2D eigenvalue weighted by atomic mass is 10.1. The molecule has 4 aromatic rings. The number of aromatic nitrogens is 1. The zero-order chi connectivity index (χ0) is 23.4. The maximum atomic E-state index is 5.97. The topological polar surface area (TPSA) is 43.4 Å². The third-order valence-electron chi connectivity index (χ3n) is 5.44. The second-order valence-electron chi connectivity index (χ2n) is 8.08. The van der Waals surface area contributed by atoms with Crippen molar-refractivity contribution in [3.05, 3.63) is 69.4 Å². The van der Waals surface area contributed by atoms with Gasteiger partial charge in [-0.1, -0.05) is 42.8 Å². The van der Waals surface area contributed by atoms with Crippen molar-refractivity contribution in [3.63, 3.8) is 0 Å². The average Bonchev–Trinajstić information content (AvgIpc) is 3.45. The molecule has 0 aliphatic carbocycles. The minimum absolute atomic E-state index is 0.680. The molecule has 0 saturated heterocycles. The van der Waals surface area contributed by atoms with Crippen LogP contribution in [0.3, 0.4) is 0 Å². The number of anilines is 1. The lowest BCUT2D eigenvalue weighted by Crippen LogP contribution is -2.00. The molecule has 0 amide bonds. The van der Waals surface area contributed by atoms with Gasteiger partial charge in [-0.3, -0.25) is 0 Å². The first-order valence-corrected chi connectivity index (χ1v) is 12.9. The van der Waals surface area contributed by atoms with Gasteiger partial charge in [0, 0.05) is 29.3 Å². The van der Waals surface area contributed by atoms with Crippen LogP contribution in [0.15, 0.2) is 47.8 Å². The van der Waals surface area contributed by atoms with E-state index in [0.717, 1.165) is 51.9 Å². The molecule has 0 bridgehead atoms. The average molecular weight is 479 g/mol. The third-order valence-corrected chi connectivity index (χ3v) is 7.57. The Hall–Kier alpha value is -2.83. The Morgan fingerprint density at radius 2 is 1.85 bits per heavy atom. The van der Waals surface area contributed by atoms with Gasteiger partial charge in [0.1, 0.15) is 5.01 Å². The largest absolute Gasteiger partial charge is 0.493 e. The maximum Gasteiger partial charge on any atom is 0.163 e. The molecule has 172 valence electrons. The number of nitrogens with zero attached hydrogens (tertiary/aromatic N) is 1. The van der Waals surface area contributed by atoms with Crippen LogP contribution in [-0.2, 0) is 6.42 Å². The Bertz CT molecular complexity index is 1230. The summed E-state index contributed by atoms with van der Waals surface area (Å²) in [6.07, 6.45) is 1.80. The summed E-state index contributed by atoms with van der Waals surface area (Å²) in [5.41, 5.74) is 6.86. The number of thiazole rings is 1. The molecule has 4 rings (SSSR count). The van der Waals surface area contributed by atoms with E-state index in [1.165, 1.54) is 20.9 Å². The van der Waals surface area contributed by atoms with Crippen LogP contribution >= 0.6 is 22.7 Å². The van der Waals surface area contributed by atoms with Gasteiger partial charge in [-0.2, -0.15) is 0 Å². The molecule has 0 aliphatic rings. The van der Waals surface area contributed by atoms with E-state index in [0.29, 0.717) is 6.61 Å². The monoisotopic (exact) mass is 478 g/mol.